The number of alkyl halides is 3. The van der Waals surface area contributed by atoms with Crippen molar-refractivity contribution >= 4 is 17.7 Å². The molecule has 0 saturated heterocycles. The fourth-order valence-corrected chi connectivity index (χ4v) is 2.35. The summed E-state index contributed by atoms with van der Waals surface area (Å²) in [7, 11) is 0. The van der Waals surface area contributed by atoms with Gasteiger partial charge in [-0.2, -0.15) is 13.2 Å². The van der Waals surface area contributed by atoms with Gasteiger partial charge in [-0.15, -0.1) is 0 Å². The van der Waals surface area contributed by atoms with Crippen molar-refractivity contribution in [3.8, 4) is 0 Å². The quantitative estimate of drug-likeness (QED) is 0.673. The van der Waals surface area contributed by atoms with Gasteiger partial charge in [-0.25, -0.2) is 0 Å². The predicted molar refractivity (Wildman–Crippen MR) is 88.7 cm³/mol. The van der Waals surface area contributed by atoms with Gasteiger partial charge >= 0.3 is 6.18 Å². The maximum absolute atomic E-state index is 12.8. The molecule has 144 valence electrons. The van der Waals surface area contributed by atoms with Gasteiger partial charge in [-0.1, -0.05) is 32.0 Å². The Morgan fingerprint density at radius 2 is 1.77 bits per heavy atom. The minimum Gasteiger partial charge on any atom is -0.368 e. The summed E-state index contributed by atoms with van der Waals surface area (Å²) in [5.41, 5.74) is 4.61. The molecule has 0 bridgehead atoms. The first kappa shape index (κ1) is 21.5. The Morgan fingerprint density at radius 1 is 1.15 bits per heavy atom. The zero-order valence-electron chi connectivity index (χ0n) is 14.7. The van der Waals surface area contributed by atoms with Gasteiger partial charge < -0.3 is 16.4 Å². The molecule has 1 aromatic rings. The van der Waals surface area contributed by atoms with Crippen molar-refractivity contribution in [1.82, 2.24) is 10.6 Å². The van der Waals surface area contributed by atoms with Crippen LogP contribution in [-0.2, 0) is 27.0 Å². The molecule has 0 saturated carbocycles. The van der Waals surface area contributed by atoms with Crippen molar-refractivity contribution < 1.29 is 27.6 Å². The van der Waals surface area contributed by atoms with Crippen molar-refractivity contribution in [2.75, 3.05) is 0 Å². The average molecular weight is 373 g/mol. The molecule has 0 heterocycles. The third kappa shape index (κ3) is 6.38. The fourth-order valence-electron chi connectivity index (χ4n) is 2.35. The molecule has 0 spiro atoms. The molecular formula is C17H22F3N3O3. The lowest BCUT2D eigenvalue weighted by Gasteiger charge is -2.24. The number of amides is 3. The number of benzene rings is 1. The van der Waals surface area contributed by atoms with Crippen LogP contribution in [0, 0.1) is 5.92 Å². The Balaban J connectivity index is 2.95. The van der Waals surface area contributed by atoms with E-state index in [1.807, 2.05) is 0 Å². The Kier molecular flexibility index (Phi) is 7.17. The number of rotatable bonds is 7. The Morgan fingerprint density at radius 3 is 2.23 bits per heavy atom. The number of hydrogen-bond acceptors (Lipinski definition) is 3. The lowest BCUT2D eigenvalue weighted by Crippen LogP contribution is -2.55. The Labute approximate surface area is 149 Å². The van der Waals surface area contributed by atoms with E-state index in [1.54, 1.807) is 13.8 Å². The van der Waals surface area contributed by atoms with Gasteiger partial charge in [0.1, 0.15) is 12.1 Å². The molecule has 0 aliphatic carbocycles. The van der Waals surface area contributed by atoms with Crippen LogP contribution >= 0.6 is 0 Å². The summed E-state index contributed by atoms with van der Waals surface area (Å²) in [6, 6.07) is 2.33. The van der Waals surface area contributed by atoms with Gasteiger partial charge in [-0.05, 0) is 17.5 Å². The highest BCUT2D eigenvalue weighted by Gasteiger charge is 2.31. The minimum absolute atomic E-state index is 0.199. The maximum atomic E-state index is 12.8. The van der Waals surface area contributed by atoms with E-state index in [0.29, 0.717) is 0 Å². The van der Waals surface area contributed by atoms with Crippen LogP contribution in [0.1, 0.15) is 31.9 Å². The monoisotopic (exact) mass is 373 g/mol. The second-order valence-corrected chi connectivity index (χ2v) is 6.29. The third-order valence-electron chi connectivity index (χ3n) is 3.66. The minimum atomic E-state index is -4.52. The van der Waals surface area contributed by atoms with Gasteiger partial charge in [0.2, 0.25) is 17.7 Å². The number of nitrogens with two attached hydrogens (primary N) is 1. The summed E-state index contributed by atoms with van der Waals surface area (Å²) in [6.45, 7) is 4.65. The normalized spacial score (nSPS) is 13.8. The zero-order chi connectivity index (χ0) is 20.1. The van der Waals surface area contributed by atoms with Gasteiger partial charge in [-0.3, -0.25) is 14.4 Å². The molecule has 2 atom stereocenters. The molecule has 26 heavy (non-hydrogen) atoms. The van der Waals surface area contributed by atoms with Crippen LogP contribution in [-0.4, -0.2) is 29.8 Å². The second kappa shape index (κ2) is 8.68. The molecule has 9 heteroatoms. The highest BCUT2D eigenvalue weighted by Crippen LogP contribution is 2.29. The number of hydrogen-bond donors (Lipinski definition) is 3. The van der Waals surface area contributed by atoms with Crippen molar-refractivity contribution in [3.63, 3.8) is 0 Å². The molecule has 0 fully saturated rings. The highest BCUT2D eigenvalue weighted by atomic mass is 19.4. The van der Waals surface area contributed by atoms with E-state index in [9.17, 15) is 27.6 Å². The van der Waals surface area contributed by atoms with Crippen LogP contribution in [0.25, 0.3) is 0 Å². The number of carbonyl (C=O) groups is 3. The summed E-state index contributed by atoms with van der Waals surface area (Å²) in [5.74, 6) is -2.21. The van der Waals surface area contributed by atoms with E-state index in [2.05, 4.69) is 10.6 Å². The zero-order valence-corrected chi connectivity index (χ0v) is 14.7. The molecule has 3 amide bonds. The molecule has 1 rings (SSSR count). The number of primary amides is 1. The lowest BCUT2D eigenvalue weighted by molar-refractivity contribution is -0.137. The molecule has 1 aromatic carbocycles. The lowest BCUT2D eigenvalue weighted by atomic mass is 10.00. The van der Waals surface area contributed by atoms with Crippen molar-refractivity contribution in [2.24, 2.45) is 11.7 Å². The van der Waals surface area contributed by atoms with Crippen molar-refractivity contribution in [3.05, 3.63) is 35.4 Å². The van der Waals surface area contributed by atoms with E-state index >= 15 is 0 Å². The summed E-state index contributed by atoms with van der Waals surface area (Å²) in [6.07, 6.45) is -4.72. The van der Waals surface area contributed by atoms with Gasteiger partial charge in [0.05, 0.1) is 5.56 Å². The molecule has 4 N–H and O–H groups in total. The van der Waals surface area contributed by atoms with E-state index in [4.69, 9.17) is 5.73 Å². The maximum Gasteiger partial charge on any atom is 0.416 e. The van der Waals surface area contributed by atoms with Crippen LogP contribution in [0.3, 0.4) is 0 Å². The van der Waals surface area contributed by atoms with E-state index < -0.39 is 41.5 Å². The van der Waals surface area contributed by atoms with Crippen LogP contribution < -0.4 is 16.4 Å². The number of carbonyl (C=O) groups excluding carboxylic acids is 3. The molecule has 0 unspecified atom stereocenters. The average Bonchev–Trinajstić information content (AvgIpc) is 2.50. The smallest absolute Gasteiger partial charge is 0.368 e. The van der Waals surface area contributed by atoms with E-state index in [0.717, 1.165) is 12.1 Å². The standard InChI is InChI=1S/C17H22F3N3O3/c1-9(2)14(22-10(3)24)16(26)23-13(15(21)25)8-11-5-4-6-12(7-11)17(18,19)20/h4-7,9,13-14H,8H2,1-3H3,(H2,21,25)(H,22,24)(H,23,26)/t13-,14-/m1/s1. The van der Waals surface area contributed by atoms with Gasteiger partial charge in [0.15, 0.2) is 0 Å². The van der Waals surface area contributed by atoms with Crippen LogP contribution in [0.4, 0.5) is 13.2 Å². The van der Waals surface area contributed by atoms with E-state index in [-0.39, 0.29) is 17.9 Å². The predicted octanol–water partition coefficient (Wildman–Crippen LogP) is 1.38. The van der Waals surface area contributed by atoms with Gasteiger partial charge in [0.25, 0.3) is 0 Å². The summed E-state index contributed by atoms with van der Waals surface area (Å²) in [5, 5.41) is 4.86. The van der Waals surface area contributed by atoms with Crippen molar-refractivity contribution in [2.45, 2.75) is 45.5 Å². The number of nitrogens with one attached hydrogen (secondary N) is 2. The molecule has 6 nitrogen and oxygen atoms in total. The Bertz CT molecular complexity index is 675. The molecule has 0 aliphatic rings. The first-order valence-electron chi connectivity index (χ1n) is 7.94. The first-order chi connectivity index (χ1) is 11.9. The Hall–Kier alpha value is -2.58. The molecule has 0 aliphatic heterocycles. The summed E-state index contributed by atoms with van der Waals surface area (Å²) >= 11 is 0. The fraction of sp³-hybridized carbons (Fsp3) is 0.471. The van der Waals surface area contributed by atoms with Crippen LogP contribution in [0.5, 0.6) is 0 Å². The molecule has 0 aromatic heterocycles. The third-order valence-corrected chi connectivity index (χ3v) is 3.66. The van der Waals surface area contributed by atoms with Crippen LogP contribution in [0.2, 0.25) is 0 Å². The summed E-state index contributed by atoms with van der Waals surface area (Å²) in [4.78, 5) is 35.2. The topological polar surface area (TPSA) is 101 Å². The largest absolute Gasteiger partial charge is 0.416 e. The highest BCUT2D eigenvalue weighted by molar-refractivity contribution is 5.91. The van der Waals surface area contributed by atoms with Crippen LogP contribution in [0.15, 0.2) is 24.3 Å². The second-order valence-electron chi connectivity index (χ2n) is 6.29. The number of halogens is 3. The summed E-state index contributed by atoms with van der Waals surface area (Å²) < 4.78 is 38.4. The van der Waals surface area contributed by atoms with Crippen molar-refractivity contribution in [1.29, 1.82) is 0 Å². The SMILES string of the molecule is CC(=O)N[C@@H](C(=O)N[C@H](Cc1cccc(C(F)(F)F)c1)C(N)=O)C(C)C. The van der Waals surface area contributed by atoms with E-state index in [1.165, 1.54) is 19.1 Å². The van der Waals surface area contributed by atoms with Gasteiger partial charge in [0, 0.05) is 13.3 Å². The molecular weight excluding hydrogens is 351 g/mol. The first-order valence-corrected chi connectivity index (χ1v) is 7.94. The molecule has 0 radical (unpaired) electrons.